The molecule has 0 aromatic heterocycles. The van der Waals surface area contributed by atoms with Crippen molar-refractivity contribution in [2.24, 2.45) is 0 Å². The van der Waals surface area contributed by atoms with Crippen molar-refractivity contribution < 1.29 is 14.3 Å². The van der Waals surface area contributed by atoms with Gasteiger partial charge in [-0.1, -0.05) is 11.6 Å². The molecule has 0 saturated carbocycles. The van der Waals surface area contributed by atoms with Gasteiger partial charge in [0, 0.05) is 5.02 Å². The molecule has 0 aliphatic heterocycles. The van der Waals surface area contributed by atoms with Crippen LogP contribution >= 0.6 is 11.6 Å². The number of hydrogen-bond donors (Lipinski definition) is 1. The van der Waals surface area contributed by atoms with Crippen LogP contribution in [0, 0.1) is 5.82 Å². The Morgan fingerprint density at radius 1 is 1.53 bits per heavy atom. The molecule has 1 N–H and O–H groups in total. The summed E-state index contributed by atoms with van der Waals surface area (Å²) in [6.45, 7) is 0. The lowest BCUT2D eigenvalue weighted by molar-refractivity contribution is -0.142. The molecule has 94 valence electrons. The van der Waals surface area contributed by atoms with Crippen LogP contribution in [0.2, 0.25) is 5.02 Å². The fraction of sp³-hybridized carbons (Fsp3) is 0.417. The molecule has 0 aliphatic rings. The lowest BCUT2D eigenvalue weighted by Crippen LogP contribution is -2.36. The number of halogens is 2. The minimum absolute atomic E-state index is 0.347. The molecule has 3 nitrogen and oxygen atoms in total. The summed E-state index contributed by atoms with van der Waals surface area (Å²) in [5, 5.41) is 9.44. The number of carbonyl (C=O) groups is 1. The summed E-state index contributed by atoms with van der Waals surface area (Å²) in [4.78, 5) is 12.6. The molecule has 0 fully saturated rings. The summed E-state index contributed by atoms with van der Waals surface area (Å²) in [6, 6.07) is 3.68. The number of nitrogens with zero attached hydrogens (tertiary/aromatic N) is 1. The Labute approximate surface area is 105 Å². The Morgan fingerprint density at radius 2 is 2.18 bits per heavy atom. The Bertz CT molecular complexity index is 409. The van der Waals surface area contributed by atoms with Crippen molar-refractivity contribution in [1.82, 2.24) is 4.90 Å². The fourth-order valence-corrected chi connectivity index (χ4v) is 1.82. The van der Waals surface area contributed by atoms with Gasteiger partial charge in [-0.3, -0.25) is 9.69 Å². The van der Waals surface area contributed by atoms with Crippen molar-refractivity contribution in [3.05, 3.63) is 34.6 Å². The van der Waals surface area contributed by atoms with Gasteiger partial charge >= 0.3 is 5.97 Å². The number of aryl methyl sites for hydroxylation is 1. The topological polar surface area (TPSA) is 40.5 Å². The smallest absolute Gasteiger partial charge is 0.320 e. The molecule has 0 radical (unpaired) electrons. The molecule has 1 atom stereocenters. The predicted octanol–water partition coefficient (Wildman–Crippen LogP) is 2.43. The molecular formula is C12H15ClFNO2. The van der Waals surface area contributed by atoms with E-state index in [1.165, 1.54) is 18.2 Å². The highest BCUT2D eigenvalue weighted by atomic mass is 35.5. The predicted molar refractivity (Wildman–Crippen MR) is 64.8 cm³/mol. The van der Waals surface area contributed by atoms with Crippen LogP contribution in [0.15, 0.2) is 18.2 Å². The molecular weight excluding hydrogens is 245 g/mol. The molecule has 0 heterocycles. The van der Waals surface area contributed by atoms with Crippen molar-refractivity contribution in [3.63, 3.8) is 0 Å². The number of hydrogen-bond acceptors (Lipinski definition) is 2. The second-order valence-electron chi connectivity index (χ2n) is 4.09. The van der Waals surface area contributed by atoms with Crippen molar-refractivity contribution in [3.8, 4) is 0 Å². The van der Waals surface area contributed by atoms with E-state index in [-0.39, 0.29) is 5.82 Å². The summed E-state index contributed by atoms with van der Waals surface area (Å²) in [5.74, 6) is -1.25. The summed E-state index contributed by atoms with van der Waals surface area (Å²) >= 11 is 5.76. The average Bonchev–Trinajstić information content (AvgIpc) is 2.22. The first-order chi connectivity index (χ1) is 7.91. The van der Waals surface area contributed by atoms with Gasteiger partial charge in [0.1, 0.15) is 11.9 Å². The standard InChI is InChI=1S/C12H15ClFNO2/c1-15(2)11(12(16)17)6-3-8-7-9(13)4-5-10(8)14/h4-5,7,11H,3,6H2,1-2H3,(H,16,17). The van der Waals surface area contributed by atoms with E-state index < -0.39 is 12.0 Å². The van der Waals surface area contributed by atoms with Gasteiger partial charge in [0.2, 0.25) is 0 Å². The highest BCUT2D eigenvalue weighted by Crippen LogP contribution is 2.17. The molecule has 1 aromatic carbocycles. The molecule has 0 amide bonds. The lowest BCUT2D eigenvalue weighted by atomic mass is 10.0. The number of likely N-dealkylation sites (N-methyl/N-ethyl adjacent to an activating group) is 1. The molecule has 1 aromatic rings. The summed E-state index contributed by atoms with van der Waals surface area (Å²) < 4.78 is 13.4. The number of rotatable bonds is 5. The zero-order valence-corrected chi connectivity index (χ0v) is 10.5. The van der Waals surface area contributed by atoms with Gasteiger partial charge in [0.15, 0.2) is 0 Å². The van der Waals surface area contributed by atoms with Gasteiger partial charge in [-0.05, 0) is 50.7 Å². The first-order valence-electron chi connectivity index (χ1n) is 5.25. The van der Waals surface area contributed by atoms with Crippen LogP contribution in [0.1, 0.15) is 12.0 Å². The van der Waals surface area contributed by atoms with E-state index >= 15 is 0 Å². The highest BCUT2D eigenvalue weighted by Gasteiger charge is 2.20. The molecule has 1 rings (SSSR count). The number of carboxylic acids is 1. The maximum atomic E-state index is 13.4. The van der Waals surface area contributed by atoms with Crippen LogP contribution in [0.5, 0.6) is 0 Å². The summed E-state index contributed by atoms with van der Waals surface area (Å²) in [7, 11) is 3.38. The van der Waals surface area contributed by atoms with Gasteiger partial charge in [0.25, 0.3) is 0 Å². The van der Waals surface area contributed by atoms with Gasteiger partial charge in [-0.2, -0.15) is 0 Å². The maximum absolute atomic E-state index is 13.4. The monoisotopic (exact) mass is 259 g/mol. The summed E-state index contributed by atoms with van der Waals surface area (Å²) in [5.41, 5.74) is 0.450. The minimum Gasteiger partial charge on any atom is -0.480 e. The van der Waals surface area contributed by atoms with Gasteiger partial charge in [0.05, 0.1) is 0 Å². The van der Waals surface area contributed by atoms with Gasteiger partial charge in [-0.25, -0.2) is 4.39 Å². The molecule has 0 aliphatic carbocycles. The zero-order valence-electron chi connectivity index (χ0n) is 9.78. The van der Waals surface area contributed by atoms with Crippen LogP contribution in [-0.2, 0) is 11.2 Å². The second kappa shape index (κ2) is 5.98. The van der Waals surface area contributed by atoms with Gasteiger partial charge in [-0.15, -0.1) is 0 Å². The van der Waals surface area contributed by atoms with Crippen molar-refractivity contribution in [1.29, 1.82) is 0 Å². The molecule has 0 bridgehead atoms. The van der Waals surface area contributed by atoms with E-state index in [0.717, 1.165) is 0 Å². The molecule has 0 saturated heterocycles. The fourth-order valence-electron chi connectivity index (χ4n) is 1.63. The average molecular weight is 260 g/mol. The Hall–Kier alpha value is -1.13. The normalized spacial score (nSPS) is 12.8. The van der Waals surface area contributed by atoms with Gasteiger partial charge < -0.3 is 5.11 Å². The van der Waals surface area contributed by atoms with E-state index in [4.69, 9.17) is 16.7 Å². The lowest BCUT2D eigenvalue weighted by Gasteiger charge is -2.19. The highest BCUT2D eigenvalue weighted by molar-refractivity contribution is 6.30. The number of carboxylic acid groups (broad SMARTS) is 1. The summed E-state index contributed by atoms with van der Waals surface area (Å²) in [6.07, 6.45) is 0.696. The van der Waals surface area contributed by atoms with E-state index in [1.807, 2.05) is 0 Å². The van der Waals surface area contributed by atoms with Crippen molar-refractivity contribution in [2.75, 3.05) is 14.1 Å². The first-order valence-corrected chi connectivity index (χ1v) is 5.62. The Morgan fingerprint density at radius 3 is 2.71 bits per heavy atom. The molecule has 5 heteroatoms. The van der Waals surface area contributed by atoms with Crippen LogP contribution < -0.4 is 0 Å². The third-order valence-corrected chi connectivity index (χ3v) is 2.84. The first kappa shape index (κ1) is 13.9. The van der Waals surface area contributed by atoms with E-state index in [9.17, 15) is 9.18 Å². The quantitative estimate of drug-likeness (QED) is 0.883. The van der Waals surface area contributed by atoms with E-state index in [0.29, 0.717) is 23.4 Å². The Kier molecular flexibility index (Phi) is 4.90. The maximum Gasteiger partial charge on any atom is 0.320 e. The third-order valence-electron chi connectivity index (χ3n) is 2.60. The third kappa shape index (κ3) is 3.98. The van der Waals surface area contributed by atoms with Crippen molar-refractivity contribution in [2.45, 2.75) is 18.9 Å². The minimum atomic E-state index is -0.905. The largest absolute Gasteiger partial charge is 0.480 e. The SMILES string of the molecule is CN(C)C(CCc1cc(Cl)ccc1F)C(=O)O. The van der Waals surface area contributed by atoms with Crippen LogP contribution in [0.3, 0.4) is 0 Å². The van der Waals surface area contributed by atoms with E-state index in [1.54, 1.807) is 19.0 Å². The van der Waals surface area contributed by atoms with Crippen molar-refractivity contribution >= 4 is 17.6 Å². The zero-order chi connectivity index (χ0) is 13.0. The van der Waals surface area contributed by atoms with Crippen LogP contribution in [-0.4, -0.2) is 36.1 Å². The van der Waals surface area contributed by atoms with Crippen LogP contribution in [0.25, 0.3) is 0 Å². The molecule has 1 unspecified atom stereocenters. The number of aliphatic carboxylic acids is 1. The molecule has 17 heavy (non-hydrogen) atoms. The second-order valence-corrected chi connectivity index (χ2v) is 4.53. The molecule has 0 spiro atoms. The van der Waals surface area contributed by atoms with Crippen LogP contribution in [0.4, 0.5) is 4.39 Å². The Balaban J connectivity index is 2.72. The number of benzene rings is 1. The van der Waals surface area contributed by atoms with E-state index in [2.05, 4.69) is 0 Å².